The van der Waals surface area contributed by atoms with Gasteiger partial charge in [0.05, 0.1) is 29.9 Å². The molecule has 12 heteroatoms. The highest BCUT2D eigenvalue weighted by molar-refractivity contribution is 5.93. The lowest BCUT2D eigenvalue weighted by atomic mass is 10.1. The number of aromatic nitrogens is 2. The molecule has 1 aromatic heterocycles. The van der Waals surface area contributed by atoms with Crippen molar-refractivity contribution < 1.29 is 18.4 Å². The number of halogens is 2. The van der Waals surface area contributed by atoms with E-state index in [2.05, 4.69) is 43.8 Å². The van der Waals surface area contributed by atoms with Gasteiger partial charge in [0.15, 0.2) is 0 Å². The monoisotopic (exact) mass is 578 g/mol. The Kier molecular flexibility index (Phi) is 11.8. The lowest BCUT2D eigenvalue weighted by Gasteiger charge is -2.21. The summed E-state index contributed by atoms with van der Waals surface area (Å²) in [5.41, 5.74) is 1.91. The second-order valence-corrected chi connectivity index (χ2v) is 10.1. The Balaban J connectivity index is 1.54. The Morgan fingerprint density at radius 1 is 1.24 bits per heavy atom. The van der Waals surface area contributed by atoms with Crippen molar-refractivity contribution in [2.45, 2.75) is 44.6 Å². The van der Waals surface area contributed by atoms with Gasteiger partial charge < -0.3 is 25.8 Å². The number of carbonyl (C=O) groups is 2. The molecule has 0 aliphatic carbocycles. The first-order chi connectivity index (χ1) is 20.1. The molecule has 2 heterocycles. The topological polar surface area (TPSA) is 126 Å². The van der Waals surface area contributed by atoms with Crippen LogP contribution in [0, 0.1) is 23.2 Å². The molecule has 0 unspecified atom stereocenters. The molecule has 10 nitrogen and oxygen atoms in total. The third kappa shape index (κ3) is 9.82. The number of nitriles is 1. The fraction of sp³-hybridized carbons (Fsp3) is 0.433. The quantitative estimate of drug-likeness (QED) is 0.199. The van der Waals surface area contributed by atoms with Gasteiger partial charge in [0.2, 0.25) is 17.8 Å². The molecule has 3 rings (SSSR count). The number of amides is 2. The van der Waals surface area contributed by atoms with E-state index in [0.717, 1.165) is 17.0 Å². The van der Waals surface area contributed by atoms with Crippen molar-refractivity contribution in [2.24, 2.45) is 0 Å². The Hall–Kier alpha value is -4.55. The average Bonchev–Trinajstić information content (AvgIpc) is 3.30. The highest BCUT2D eigenvalue weighted by Gasteiger charge is 2.49. The summed E-state index contributed by atoms with van der Waals surface area (Å²) < 4.78 is 28.2. The van der Waals surface area contributed by atoms with E-state index in [4.69, 9.17) is 5.26 Å². The molecule has 1 aromatic carbocycles. The number of hydrogen-bond acceptors (Lipinski definition) is 8. The largest absolute Gasteiger partial charge is 0.369 e. The van der Waals surface area contributed by atoms with Gasteiger partial charge in [-0.05, 0) is 51.2 Å². The summed E-state index contributed by atoms with van der Waals surface area (Å²) in [7, 11) is 3.65. The lowest BCUT2D eigenvalue weighted by molar-refractivity contribution is -0.135. The van der Waals surface area contributed by atoms with Gasteiger partial charge in [-0.15, -0.1) is 0 Å². The fourth-order valence-electron chi connectivity index (χ4n) is 4.08. The zero-order chi connectivity index (χ0) is 30.5. The minimum atomic E-state index is -3.11. The van der Waals surface area contributed by atoms with Gasteiger partial charge in [0.25, 0.3) is 5.92 Å². The van der Waals surface area contributed by atoms with Gasteiger partial charge in [-0.1, -0.05) is 24.8 Å². The van der Waals surface area contributed by atoms with Crippen LogP contribution in [0.3, 0.4) is 0 Å². The SMILES string of the molecule is CCCNc1nc(Nc2ccc(C#N)cc2)ncc1C#CCCCNC(=O)[C@@H]1CC(F)(F)CN1C(=O)/C=C/CN(C)C. The van der Waals surface area contributed by atoms with Crippen molar-refractivity contribution in [2.75, 3.05) is 50.9 Å². The predicted octanol–water partition coefficient (Wildman–Crippen LogP) is 3.52. The van der Waals surface area contributed by atoms with Crippen molar-refractivity contribution in [3.63, 3.8) is 0 Å². The van der Waals surface area contributed by atoms with Crippen LogP contribution in [0.4, 0.5) is 26.2 Å². The molecule has 0 bridgehead atoms. The predicted molar refractivity (Wildman–Crippen MR) is 157 cm³/mol. The van der Waals surface area contributed by atoms with Gasteiger partial charge >= 0.3 is 0 Å². The Labute approximate surface area is 245 Å². The maximum Gasteiger partial charge on any atom is 0.267 e. The molecule has 1 fully saturated rings. The molecule has 222 valence electrons. The van der Waals surface area contributed by atoms with E-state index in [9.17, 15) is 18.4 Å². The summed E-state index contributed by atoms with van der Waals surface area (Å²) in [6, 6.07) is 7.79. The average molecular weight is 579 g/mol. The van der Waals surface area contributed by atoms with Crippen LogP contribution in [0.25, 0.3) is 0 Å². The number of likely N-dealkylation sites (tertiary alicyclic amines) is 1. The van der Waals surface area contributed by atoms with Crippen LogP contribution >= 0.6 is 0 Å². The second kappa shape index (κ2) is 15.5. The molecule has 0 saturated carbocycles. The number of nitrogens with zero attached hydrogens (tertiary/aromatic N) is 5. The molecule has 3 N–H and O–H groups in total. The van der Waals surface area contributed by atoms with Crippen LogP contribution in [0.5, 0.6) is 0 Å². The number of anilines is 3. The van der Waals surface area contributed by atoms with Gasteiger partial charge in [-0.25, -0.2) is 13.8 Å². The zero-order valence-electron chi connectivity index (χ0n) is 24.1. The molecule has 2 amide bonds. The zero-order valence-corrected chi connectivity index (χ0v) is 24.1. The van der Waals surface area contributed by atoms with Crippen LogP contribution in [-0.4, -0.2) is 83.8 Å². The molecule has 1 aliphatic heterocycles. The van der Waals surface area contributed by atoms with Gasteiger partial charge in [0.1, 0.15) is 11.9 Å². The highest BCUT2D eigenvalue weighted by atomic mass is 19.3. The third-order valence-corrected chi connectivity index (χ3v) is 6.19. The van der Waals surface area contributed by atoms with Crippen LogP contribution in [0.2, 0.25) is 0 Å². The van der Waals surface area contributed by atoms with Gasteiger partial charge in [-0.2, -0.15) is 10.2 Å². The van der Waals surface area contributed by atoms with Crippen molar-refractivity contribution >= 4 is 29.3 Å². The maximum absolute atomic E-state index is 14.1. The van der Waals surface area contributed by atoms with E-state index in [0.29, 0.717) is 48.8 Å². The second-order valence-electron chi connectivity index (χ2n) is 10.1. The number of benzene rings is 1. The van der Waals surface area contributed by atoms with Crippen molar-refractivity contribution in [3.8, 4) is 17.9 Å². The number of unbranched alkanes of at least 4 members (excludes halogenated alkanes) is 1. The molecule has 2 aromatic rings. The summed E-state index contributed by atoms with van der Waals surface area (Å²) in [4.78, 5) is 36.8. The lowest BCUT2D eigenvalue weighted by Crippen LogP contribution is -2.45. The molecular formula is C30H36F2N8O2. The molecule has 42 heavy (non-hydrogen) atoms. The summed E-state index contributed by atoms with van der Waals surface area (Å²) in [6.07, 6.45) is 5.56. The molecular weight excluding hydrogens is 542 g/mol. The summed E-state index contributed by atoms with van der Waals surface area (Å²) in [5.74, 6) is 2.74. The fourth-order valence-corrected chi connectivity index (χ4v) is 4.08. The normalized spacial score (nSPS) is 15.6. The minimum absolute atomic E-state index is 0.235. The Morgan fingerprint density at radius 3 is 2.69 bits per heavy atom. The summed E-state index contributed by atoms with van der Waals surface area (Å²) in [5, 5.41) is 18.0. The first-order valence-electron chi connectivity index (χ1n) is 13.8. The maximum atomic E-state index is 14.1. The smallest absolute Gasteiger partial charge is 0.267 e. The van der Waals surface area contributed by atoms with Crippen LogP contribution in [0.15, 0.2) is 42.6 Å². The first-order valence-corrected chi connectivity index (χ1v) is 13.8. The molecule has 1 aliphatic rings. The van der Waals surface area contributed by atoms with Crippen molar-refractivity contribution in [1.82, 2.24) is 25.1 Å². The van der Waals surface area contributed by atoms with Crippen molar-refractivity contribution in [1.29, 1.82) is 5.26 Å². The van der Waals surface area contributed by atoms with Gasteiger partial charge in [-0.3, -0.25) is 9.59 Å². The van der Waals surface area contributed by atoms with E-state index in [1.165, 1.54) is 6.08 Å². The molecule has 0 spiro atoms. The highest BCUT2D eigenvalue weighted by Crippen LogP contribution is 2.32. The number of alkyl halides is 2. The number of rotatable bonds is 12. The van der Waals surface area contributed by atoms with E-state index >= 15 is 0 Å². The van der Waals surface area contributed by atoms with Crippen LogP contribution in [0.1, 0.15) is 43.7 Å². The van der Waals surface area contributed by atoms with E-state index in [-0.39, 0.29) is 6.54 Å². The summed E-state index contributed by atoms with van der Waals surface area (Å²) in [6.45, 7) is 2.67. The van der Waals surface area contributed by atoms with Crippen LogP contribution < -0.4 is 16.0 Å². The minimum Gasteiger partial charge on any atom is -0.369 e. The third-order valence-electron chi connectivity index (χ3n) is 6.19. The number of hydrogen-bond donors (Lipinski definition) is 3. The van der Waals surface area contributed by atoms with E-state index < -0.39 is 36.7 Å². The standard InChI is InChI=1S/C30H36F2N8O2/c1-4-15-34-27-23(20-36-29(38-27)37-24-13-11-22(19-33)12-14-24)9-6-5-7-16-35-28(42)25-18-30(31,32)21-40(25)26(41)10-8-17-39(2)3/h8,10-14,20,25H,4-5,7,15-18,21H2,1-3H3,(H,35,42)(H2,34,36,37,38)/b10-8+/t25-/m0/s1. The number of carbonyl (C=O) groups excluding carboxylic acids is 2. The summed E-state index contributed by atoms with van der Waals surface area (Å²) >= 11 is 0. The van der Waals surface area contributed by atoms with Crippen molar-refractivity contribution in [3.05, 3.63) is 53.7 Å². The first kappa shape index (κ1) is 32.0. The van der Waals surface area contributed by atoms with E-state index in [1.54, 1.807) is 36.5 Å². The molecule has 0 radical (unpaired) electrons. The Morgan fingerprint density at radius 2 is 2.00 bits per heavy atom. The molecule has 1 atom stereocenters. The Bertz CT molecular complexity index is 1360. The van der Waals surface area contributed by atoms with E-state index in [1.807, 2.05) is 25.9 Å². The van der Waals surface area contributed by atoms with Crippen LogP contribution in [-0.2, 0) is 9.59 Å². The molecule has 1 saturated heterocycles. The number of likely N-dealkylation sites (N-methyl/N-ethyl adjacent to an activating group) is 1. The van der Waals surface area contributed by atoms with Gasteiger partial charge in [0, 0.05) is 44.2 Å². The number of nitrogens with one attached hydrogen (secondary N) is 3.